The summed E-state index contributed by atoms with van der Waals surface area (Å²) < 4.78 is 24.1. The van der Waals surface area contributed by atoms with Gasteiger partial charge >= 0.3 is 0 Å². The Balaban J connectivity index is 1.45. The van der Waals surface area contributed by atoms with Crippen LogP contribution in [-0.4, -0.2) is 34.5 Å². The highest BCUT2D eigenvalue weighted by atomic mass is 32.2. The van der Waals surface area contributed by atoms with Crippen molar-refractivity contribution in [2.45, 2.75) is 44.6 Å². The second-order valence-electron chi connectivity index (χ2n) is 8.02. The predicted molar refractivity (Wildman–Crippen MR) is 113 cm³/mol. The Bertz CT molecular complexity index is 919. The Labute approximate surface area is 175 Å². The third-order valence-corrected chi connectivity index (χ3v) is 7.29. The summed E-state index contributed by atoms with van der Waals surface area (Å²) in [4.78, 5) is 13.9. The van der Waals surface area contributed by atoms with Gasteiger partial charge in [-0.25, -0.2) is 8.70 Å². The normalized spacial score (nSPS) is 17.2. The summed E-state index contributed by atoms with van der Waals surface area (Å²) in [6, 6.07) is 5.02. The molecule has 2 aromatic rings. The fourth-order valence-corrected chi connectivity index (χ4v) is 5.07. The molecule has 0 aliphatic carbocycles. The van der Waals surface area contributed by atoms with Crippen molar-refractivity contribution >= 4 is 17.9 Å². The smallest absolute Gasteiger partial charge is 0.268 e. The van der Waals surface area contributed by atoms with Crippen molar-refractivity contribution in [2.75, 3.05) is 19.7 Å². The summed E-state index contributed by atoms with van der Waals surface area (Å²) in [5.74, 6) is 1.02. The van der Waals surface area contributed by atoms with Crippen molar-refractivity contribution < 1.29 is 13.9 Å². The van der Waals surface area contributed by atoms with E-state index in [9.17, 15) is 9.18 Å². The first kappa shape index (κ1) is 20.3. The maximum Gasteiger partial charge on any atom is 0.268 e. The molecule has 1 amide bonds. The monoisotopic (exact) mass is 417 g/mol. The van der Waals surface area contributed by atoms with Gasteiger partial charge in [0.05, 0.1) is 6.61 Å². The van der Waals surface area contributed by atoms with E-state index in [0.29, 0.717) is 24.3 Å². The van der Waals surface area contributed by atoms with Crippen LogP contribution >= 0.6 is 11.9 Å². The third kappa shape index (κ3) is 4.16. The van der Waals surface area contributed by atoms with E-state index < -0.39 is 0 Å². The van der Waals surface area contributed by atoms with Crippen LogP contribution in [0, 0.1) is 18.7 Å². The Hall–Kier alpha value is -1.99. The van der Waals surface area contributed by atoms with Crippen LogP contribution in [0.15, 0.2) is 23.1 Å². The number of halogens is 1. The van der Waals surface area contributed by atoms with Crippen LogP contribution < -0.4 is 10.1 Å². The number of hydrogen-bond donors (Lipinski definition) is 1. The molecule has 156 valence electrons. The summed E-state index contributed by atoms with van der Waals surface area (Å²) in [5.41, 5.74) is 3.05. The second kappa shape index (κ2) is 8.40. The van der Waals surface area contributed by atoms with Crippen LogP contribution in [0.2, 0.25) is 0 Å². The maximum absolute atomic E-state index is 14.3. The van der Waals surface area contributed by atoms with E-state index in [4.69, 9.17) is 4.74 Å². The summed E-state index contributed by atoms with van der Waals surface area (Å²) in [6.07, 6.45) is 3.10. The van der Waals surface area contributed by atoms with E-state index >= 15 is 0 Å². The lowest BCUT2D eigenvalue weighted by atomic mass is 10.0. The number of fused-ring (bicyclic) bond motifs is 1. The second-order valence-corrected chi connectivity index (χ2v) is 9.16. The Morgan fingerprint density at radius 3 is 2.86 bits per heavy atom. The molecule has 0 radical (unpaired) electrons. The molecule has 1 aromatic heterocycles. The van der Waals surface area contributed by atoms with Gasteiger partial charge in [0.15, 0.2) is 0 Å². The quantitative estimate of drug-likeness (QED) is 0.745. The number of hydrogen-bond acceptors (Lipinski definition) is 4. The number of carbonyl (C=O) groups excluding carboxylic acids is 1. The van der Waals surface area contributed by atoms with E-state index in [1.165, 1.54) is 18.9 Å². The molecular formula is C22H28FN3O2S. The highest BCUT2D eigenvalue weighted by molar-refractivity contribution is 7.97. The first-order valence-corrected chi connectivity index (χ1v) is 11.0. The maximum atomic E-state index is 14.3. The topological polar surface area (TPSA) is 46.5 Å². The van der Waals surface area contributed by atoms with E-state index in [0.717, 1.165) is 40.9 Å². The molecular weight excluding hydrogens is 389 g/mol. The molecule has 0 atom stereocenters. The molecule has 0 saturated carbocycles. The molecule has 0 spiro atoms. The van der Waals surface area contributed by atoms with Crippen LogP contribution in [0.4, 0.5) is 4.39 Å². The largest absolute Gasteiger partial charge is 0.493 e. The van der Waals surface area contributed by atoms with Crippen LogP contribution in [0.5, 0.6) is 5.75 Å². The minimum absolute atomic E-state index is 0.161. The van der Waals surface area contributed by atoms with Gasteiger partial charge in [-0.1, -0.05) is 6.92 Å². The van der Waals surface area contributed by atoms with Gasteiger partial charge < -0.3 is 14.6 Å². The van der Waals surface area contributed by atoms with E-state index in [1.807, 2.05) is 24.6 Å². The molecule has 4 rings (SSSR count). The molecule has 2 aliphatic heterocycles. The predicted octanol–water partition coefficient (Wildman–Crippen LogP) is 4.08. The lowest BCUT2D eigenvalue weighted by molar-refractivity contribution is 0.0942. The number of nitrogens with zero attached hydrogens (tertiary/aromatic N) is 2. The van der Waals surface area contributed by atoms with Gasteiger partial charge in [0, 0.05) is 54.8 Å². The Morgan fingerprint density at radius 2 is 2.10 bits per heavy atom. The van der Waals surface area contributed by atoms with Crippen molar-refractivity contribution in [3.8, 4) is 5.75 Å². The SMILES string of the molecule is Cc1c(SN2CCC(C)CC2)cc(C(=O)NCc2c(F)ccc3c2CCO3)n1C. The number of rotatable bonds is 5. The average Bonchev–Trinajstić information content (AvgIpc) is 3.29. The minimum atomic E-state index is -0.298. The van der Waals surface area contributed by atoms with Crippen molar-refractivity contribution in [2.24, 2.45) is 13.0 Å². The van der Waals surface area contributed by atoms with Gasteiger partial charge in [-0.15, -0.1) is 0 Å². The fourth-order valence-electron chi connectivity index (χ4n) is 3.96. The zero-order valence-electron chi connectivity index (χ0n) is 17.3. The zero-order chi connectivity index (χ0) is 20.5. The highest BCUT2D eigenvalue weighted by Crippen LogP contribution is 2.32. The molecule has 29 heavy (non-hydrogen) atoms. The number of aromatic nitrogens is 1. The van der Waals surface area contributed by atoms with Crippen molar-refractivity contribution in [3.05, 3.63) is 46.5 Å². The number of amides is 1. The van der Waals surface area contributed by atoms with Gasteiger partial charge in [0.1, 0.15) is 17.3 Å². The number of carbonyl (C=O) groups is 1. The van der Waals surface area contributed by atoms with Gasteiger partial charge in [0.25, 0.3) is 5.91 Å². The minimum Gasteiger partial charge on any atom is -0.493 e. The summed E-state index contributed by atoms with van der Waals surface area (Å²) in [7, 11) is 1.90. The van der Waals surface area contributed by atoms with Crippen LogP contribution in [0.1, 0.15) is 47.1 Å². The first-order valence-electron chi connectivity index (χ1n) is 10.2. The number of ether oxygens (including phenoxy) is 1. The molecule has 1 fully saturated rings. The van der Waals surface area contributed by atoms with Gasteiger partial charge in [-0.05, 0) is 55.8 Å². The van der Waals surface area contributed by atoms with Crippen molar-refractivity contribution in [3.63, 3.8) is 0 Å². The third-order valence-electron chi connectivity index (χ3n) is 6.06. The molecule has 3 heterocycles. The highest BCUT2D eigenvalue weighted by Gasteiger charge is 2.23. The van der Waals surface area contributed by atoms with Gasteiger partial charge in [-0.3, -0.25) is 4.79 Å². The van der Waals surface area contributed by atoms with Crippen LogP contribution in [0.25, 0.3) is 0 Å². The molecule has 2 aliphatic rings. The van der Waals surface area contributed by atoms with Crippen LogP contribution in [-0.2, 0) is 20.0 Å². The summed E-state index contributed by atoms with van der Waals surface area (Å²) in [6.45, 7) is 7.20. The Kier molecular flexibility index (Phi) is 5.88. The van der Waals surface area contributed by atoms with Crippen molar-refractivity contribution in [1.29, 1.82) is 0 Å². The summed E-state index contributed by atoms with van der Waals surface area (Å²) in [5, 5.41) is 2.90. The summed E-state index contributed by atoms with van der Waals surface area (Å²) >= 11 is 1.73. The molecule has 0 unspecified atom stereocenters. The van der Waals surface area contributed by atoms with Crippen LogP contribution in [0.3, 0.4) is 0 Å². The average molecular weight is 418 g/mol. The molecule has 1 aromatic carbocycles. The molecule has 0 bridgehead atoms. The lowest BCUT2D eigenvalue weighted by Crippen LogP contribution is -2.27. The fraction of sp³-hybridized carbons (Fsp3) is 0.500. The molecule has 1 N–H and O–H groups in total. The van der Waals surface area contributed by atoms with E-state index in [2.05, 4.69) is 16.5 Å². The molecule has 7 heteroatoms. The Morgan fingerprint density at radius 1 is 1.34 bits per heavy atom. The number of nitrogens with one attached hydrogen (secondary N) is 1. The van der Waals surface area contributed by atoms with E-state index in [1.54, 1.807) is 18.0 Å². The number of piperidine rings is 1. The molecule has 1 saturated heterocycles. The standard InChI is InChI=1S/C22H28FN3O2S/c1-14-6-9-26(10-7-14)29-21-12-19(25(3)15(21)2)22(27)24-13-17-16-8-11-28-20(16)5-4-18(17)23/h4-5,12,14H,6-11,13H2,1-3H3,(H,24,27). The zero-order valence-corrected chi connectivity index (χ0v) is 18.1. The van der Waals surface area contributed by atoms with E-state index in [-0.39, 0.29) is 18.3 Å². The van der Waals surface area contributed by atoms with Gasteiger partial charge in [-0.2, -0.15) is 0 Å². The first-order chi connectivity index (χ1) is 13.9. The van der Waals surface area contributed by atoms with Crippen molar-refractivity contribution in [1.82, 2.24) is 14.2 Å². The molecule has 5 nitrogen and oxygen atoms in total. The number of benzene rings is 1. The lowest BCUT2D eigenvalue weighted by Gasteiger charge is -2.28. The van der Waals surface area contributed by atoms with Gasteiger partial charge in [0.2, 0.25) is 0 Å².